The van der Waals surface area contributed by atoms with Gasteiger partial charge in [0.05, 0.1) is 0 Å². The quantitative estimate of drug-likeness (QED) is 0.502. The summed E-state index contributed by atoms with van der Waals surface area (Å²) in [6.07, 6.45) is 10.5. The maximum atomic E-state index is 2.55. The van der Waals surface area contributed by atoms with Gasteiger partial charge in [-0.1, -0.05) is 27.7 Å². The van der Waals surface area contributed by atoms with Crippen LogP contribution in [0.15, 0.2) is 0 Å². The summed E-state index contributed by atoms with van der Waals surface area (Å²) in [6, 6.07) is 0. The molecule has 0 N–H and O–H groups in total. The fourth-order valence-corrected chi connectivity index (χ4v) is 20.3. The predicted molar refractivity (Wildman–Crippen MR) is 91.6 cm³/mol. The lowest BCUT2D eigenvalue weighted by molar-refractivity contribution is 0.696. The van der Waals surface area contributed by atoms with E-state index in [0.29, 0.717) is 14.2 Å². The molecule has 0 radical (unpaired) electrons. The van der Waals surface area contributed by atoms with E-state index in [4.69, 9.17) is 0 Å². The Morgan fingerprint density at radius 1 is 0.778 bits per heavy atom. The Kier molecular flexibility index (Phi) is 6.31. The Hall–Kier alpha value is 1.21. The van der Waals surface area contributed by atoms with Crippen molar-refractivity contribution in [2.75, 3.05) is 0 Å². The maximum absolute atomic E-state index is 2.55. The Labute approximate surface area is 120 Å². The second-order valence-corrected chi connectivity index (χ2v) is 15.2. The van der Waals surface area contributed by atoms with E-state index in [1.807, 2.05) is 0 Å². The molecule has 0 aromatic heterocycles. The first-order valence-electron chi connectivity index (χ1n) is 7.95. The average molecular weight is 304 g/mol. The summed E-state index contributed by atoms with van der Waals surface area (Å²) in [5.74, 6) is 0. The molecule has 2 saturated heterocycles. The van der Waals surface area contributed by atoms with E-state index in [1.54, 1.807) is 12.8 Å². The topological polar surface area (TPSA) is 0 Å². The third-order valence-electron chi connectivity index (χ3n) is 4.87. The second-order valence-electron chi connectivity index (χ2n) is 5.99. The second kappa shape index (κ2) is 7.28. The Bertz CT molecular complexity index is 247. The minimum absolute atomic E-state index is 0.300. The highest BCUT2D eigenvalue weighted by atomic mass is 33.1. The molecule has 2 aliphatic heterocycles. The lowest BCUT2D eigenvalue weighted by Gasteiger charge is -2.31. The van der Waals surface area contributed by atoms with Crippen LogP contribution in [0.2, 0.25) is 0 Å². The van der Waals surface area contributed by atoms with E-state index in [9.17, 15) is 0 Å². The van der Waals surface area contributed by atoms with Crippen LogP contribution >= 0.6 is 25.2 Å². The molecule has 0 saturated carbocycles. The van der Waals surface area contributed by atoms with Crippen molar-refractivity contribution in [2.24, 2.45) is 0 Å². The monoisotopic (exact) mass is 304 g/mol. The van der Waals surface area contributed by atoms with Crippen molar-refractivity contribution < 1.29 is 0 Å². The van der Waals surface area contributed by atoms with Gasteiger partial charge in [0.15, 0.2) is 0 Å². The van der Waals surface area contributed by atoms with Crippen LogP contribution in [0.3, 0.4) is 0 Å². The molecule has 0 aliphatic carbocycles. The summed E-state index contributed by atoms with van der Waals surface area (Å²) >= 11 is 2.55. The van der Waals surface area contributed by atoms with Gasteiger partial charge in [-0.05, 0) is 81.8 Å². The van der Waals surface area contributed by atoms with Crippen molar-refractivity contribution >= 4 is 25.2 Å². The highest BCUT2D eigenvalue weighted by Gasteiger charge is 2.40. The van der Waals surface area contributed by atoms with Crippen molar-refractivity contribution in [1.82, 2.24) is 0 Å². The summed E-state index contributed by atoms with van der Waals surface area (Å²) < 4.78 is 0. The molecule has 1 unspecified atom stereocenters. The van der Waals surface area contributed by atoms with Crippen molar-refractivity contribution in [3.63, 3.8) is 0 Å². The van der Waals surface area contributed by atoms with Gasteiger partial charge in [0, 0.05) is 0 Å². The lowest BCUT2D eigenvalue weighted by atomic mass is 10.1. The van der Waals surface area contributed by atoms with Gasteiger partial charge in [0.1, 0.15) is 0 Å². The third kappa shape index (κ3) is 3.27. The van der Waals surface area contributed by atoms with Crippen molar-refractivity contribution in [2.45, 2.75) is 95.3 Å². The maximum Gasteiger partial charge on any atom is -0.0113 e. The third-order valence-corrected chi connectivity index (χ3v) is 18.7. The van der Waals surface area contributed by atoms with Crippen LogP contribution in [-0.2, 0) is 0 Å². The Balaban J connectivity index is 2.01. The predicted octanol–water partition coefficient (Wildman–Crippen LogP) is 6.83. The van der Waals surface area contributed by atoms with Crippen LogP contribution < -0.4 is 0 Å². The molecule has 0 amide bonds. The molecule has 0 bridgehead atoms. The van der Waals surface area contributed by atoms with Crippen LogP contribution in [0.5, 0.6) is 0 Å². The van der Waals surface area contributed by atoms with Crippen molar-refractivity contribution in [3.8, 4) is 0 Å². The molecule has 3 heteroatoms. The smallest absolute Gasteiger partial charge is 0.0113 e. The van der Waals surface area contributed by atoms with E-state index >= 15 is 0 Å². The molecule has 2 aliphatic rings. The summed E-state index contributed by atoms with van der Waals surface area (Å²) in [4.78, 5) is 0. The Morgan fingerprint density at radius 3 is 1.72 bits per heavy atom. The zero-order valence-electron chi connectivity index (χ0n) is 12.6. The molecule has 2 rings (SSSR count). The first kappa shape index (κ1) is 15.6. The first-order chi connectivity index (χ1) is 8.71. The lowest BCUT2D eigenvalue weighted by Crippen LogP contribution is -2.02. The number of hydrogen-bond acceptors (Lipinski definition) is 1. The van der Waals surface area contributed by atoms with Gasteiger partial charge < -0.3 is 0 Å². The normalized spacial score (nSPS) is 41.7. The SMILES string of the molecule is CC[C@@H]1CC[C@@H](CC)P1SP1[C@H](CC)CC[C@H]1C. The molecule has 18 heavy (non-hydrogen) atoms. The molecule has 106 valence electrons. The minimum atomic E-state index is 0.300. The summed E-state index contributed by atoms with van der Waals surface area (Å²) in [5.41, 5.74) is 4.34. The molecule has 0 spiro atoms. The summed E-state index contributed by atoms with van der Waals surface area (Å²) in [5, 5.41) is 0. The van der Waals surface area contributed by atoms with Gasteiger partial charge in [0.2, 0.25) is 0 Å². The standard InChI is InChI=1S/C15H30P2S/c1-5-13-9-8-12(4)16(13)18-17-14(6-2)10-11-15(17)7-3/h12-15H,5-11H2,1-4H3/t12-,13-,14-,15-,16?/m1/s1. The first-order valence-corrected chi connectivity index (χ1v) is 12.9. The van der Waals surface area contributed by atoms with Crippen LogP contribution in [0.4, 0.5) is 0 Å². The number of rotatable bonds is 5. The van der Waals surface area contributed by atoms with Gasteiger partial charge in [0.25, 0.3) is 0 Å². The van der Waals surface area contributed by atoms with Crippen LogP contribution in [0.25, 0.3) is 0 Å². The van der Waals surface area contributed by atoms with E-state index < -0.39 is 0 Å². The fraction of sp³-hybridized carbons (Fsp3) is 1.00. The minimum Gasteiger partial charge on any atom is -0.106 e. The highest BCUT2D eigenvalue weighted by molar-refractivity contribution is 8.85. The van der Waals surface area contributed by atoms with Crippen molar-refractivity contribution in [3.05, 3.63) is 0 Å². The van der Waals surface area contributed by atoms with Gasteiger partial charge in [-0.2, -0.15) is 0 Å². The molecule has 0 aromatic rings. The van der Waals surface area contributed by atoms with Gasteiger partial charge >= 0.3 is 0 Å². The summed E-state index contributed by atoms with van der Waals surface area (Å²) in [6.45, 7) is 9.83. The zero-order valence-corrected chi connectivity index (χ0v) is 15.2. The molecule has 0 nitrogen and oxygen atoms in total. The van der Waals surface area contributed by atoms with E-state index in [-0.39, 0.29) is 0 Å². The van der Waals surface area contributed by atoms with Gasteiger partial charge in [-0.3, -0.25) is 0 Å². The van der Waals surface area contributed by atoms with Crippen molar-refractivity contribution in [1.29, 1.82) is 0 Å². The molecule has 5 atom stereocenters. The van der Waals surface area contributed by atoms with Crippen LogP contribution in [0, 0.1) is 0 Å². The Morgan fingerprint density at radius 2 is 1.22 bits per heavy atom. The number of hydrogen-bond donors (Lipinski definition) is 0. The highest BCUT2D eigenvalue weighted by Crippen LogP contribution is 2.81. The van der Waals surface area contributed by atoms with E-state index in [0.717, 1.165) is 22.6 Å². The molecule has 0 aromatic carbocycles. The van der Waals surface area contributed by atoms with E-state index in [1.165, 1.54) is 32.1 Å². The average Bonchev–Trinajstić information content (AvgIpc) is 2.94. The largest absolute Gasteiger partial charge is 0.106 e. The molecular weight excluding hydrogens is 274 g/mol. The fourth-order valence-electron chi connectivity index (χ4n) is 3.53. The molecular formula is C15H30P2S. The molecule has 2 heterocycles. The zero-order chi connectivity index (χ0) is 13.1. The summed E-state index contributed by atoms with van der Waals surface area (Å²) in [7, 11) is 0.603. The van der Waals surface area contributed by atoms with E-state index in [2.05, 4.69) is 38.7 Å². The van der Waals surface area contributed by atoms with Crippen LogP contribution in [-0.4, -0.2) is 22.6 Å². The molecule has 2 fully saturated rings. The van der Waals surface area contributed by atoms with Gasteiger partial charge in [-0.25, -0.2) is 0 Å². The van der Waals surface area contributed by atoms with Crippen LogP contribution in [0.1, 0.15) is 72.6 Å². The van der Waals surface area contributed by atoms with Gasteiger partial charge in [-0.15, -0.1) is 11.0 Å².